The number of carbonyl (C=O) groups excluding carboxylic acids is 1. The second-order valence-electron chi connectivity index (χ2n) is 5.85. The summed E-state index contributed by atoms with van der Waals surface area (Å²) >= 11 is 1.65. The van der Waals surface area contributed by atoms with E-state index in [0.29, 0.717) is 6.54 Å². The SMILES string of the molecule is CN(Cc1cc(-c2cccs2)n[nH]1)C(=O)[C@@H]1NCCc2[nH]cnc21. The van der Waals surface area contributed by atoms with Gasteiger partial charge in [-0.25, -0.2) is 4.98 Å². The number of hydrogen-bond acceptors (Lipinski definition) is 5. The third kappa shape index (κ3) is 2.74. The normalized spacial score (nSPS) is 16.8. The molecule has 0 saturated heterocycles. The summed E-state index contributed by atoms with van der Waals surface area (Å²) in [7, 11) is 1.80. The molecule has 3 aromatic rings. The van der Waals surface area contributed by atoms with Gasteiger partial charge in [0, 0.05) is 25.7 Å². The molecule has 24 heavy (non-hydrogen) atoms. The van der Waals surface area contributed by atoms with Crippen LogP contribution in [0.3, 0.4) is 0 Å². The van der Waals surface area contributed by atoms with E-state index < -0.39 is 0 Å². The number of thiophene rings is 1. The van der Waals surface area contributed by atoms with Gasteiger partial charge in [-0.1, -0.05) is 6.07 Å². The summed E-state index contributed by atoms with van der Waals surface area (Å²) in [6.07, 6.45) is 2.52. The minimum Gasteiger partial charge on any atom is -0.348 e. The maximum atomic E-state index is 12.8. The average Bonchev–Trinajstić information content (AvgIpc) is 3.33. The summed E-state index contributed by atoms with van der Waals surface area (Å²) in [6.45, 7) is 1.25. The van der Waals surface area contributed by atoms with E-state index >= 15 is 0 Å². The van der Waals surface area contributed by atoms with Crippen LogP contribution in [0.25, 0.3) is 10.6 Å². The van der Waals surface area contributed by atoms with Crippen LogP contribution in [-0.4, -0.2) is 44.6 Å². The van der Waals surface area contributed by atoms with E-state index in [1.165, 1.54) is 0 Å². The first kappa shape index (κ1) is 15.1. The van der Waals surface area contributed by atoms with Crippen molar-refractivity contribution in [3.63, 3.8) is 0 Å². The molecule has 1 atom stereocenters. The van der Waals surface area contributed by atoms with E-state index in [0.717, 1.165) is 40.6 Å². The number of amides is 1. The maximum Gasteiger partial charge on any atom is 0.246 e. The molecule has 8 heteroatoms. The van der Waals surface area contributed by atoms with E-state index in [2.05, 4.69) is 25.5 Å². The van der Waals surface area contributed by atoms with Crippen LogP contribution in [0.5, 0.6) is 0 Å². The molecule has 3 aromatic heterocycles. The standard InChI is InChI=1S/C16H18N6OS/c1-22(8-10-7-12(21-20-10)13-3-2-6-24-13)16(23)15-14-11(4-5-17-15)18-9-19-14/h2-3,6-7,9,15,17H,4-5,8H2,1H3,(H,18,19)(H,20,21)/t15-/m1/s1. The van der Waals surface area contributed by atoms with Crippen molar-refractivity contribution in [3.8, 4) is 10.6 Å². The number of hydrogen-bond donors (Lipinski definition) is 3. The molecule has 0 spiro atoms. The summed E-state index contributed by atoms with van der Waals surface area (Å²) in [5.74, 6) is 0.00956. The number of H-pyrrole nitrogens is 2. The van der Waals surface area contributed by atoms with Crippen molar-refractivity contribution >= 4 is 17.2 Å². The van der Waals surface area contributed by atoms with Crippen LogP contribution < -0.4 is 5.32 Å². The molecule has 124 valence electrons. The zero-order valence-corrected chi connectivity index (χ0v) is 14.1. The summed E-state index contributed by atoms with van der Waals surface area (Å²) < 4.78 is 0. The summed E-state index contributed by atoms with van der Waals surface area (Å²) in [6, 6.07) is 5.64. The highest BCUT2D eigenvalue weighted by Crippen LogP contribution is 2.24. The third-order valence-corrected chi connectivity index (χ3v) is 5.08. The number of nitrogens with one attached hydrogen (secondary N) is 3. The number of aromatic amines is 2. The zero-order valence-electron chi connectivity index (χ0n) is 13.2. The molecule has 1 amide bonds. The summed E-state index contributed by atoms with van der Waals surface area (Å²) in [5, 5.41) is 12.6. The lowest BCUT2D eigenvalue weighted by molar-refractivity contribution is -0.133. The van der Waals surface area contributed by atoms with Crippen LogP contribution in [0, 0.1) is 0 Å². The largest absolute Gasteiger partial charge is 0.348 e. The van der Waals surface area contributed by atoms with Gasteiger partial charge in [-0.05, 0) is 17.5 Å². The van der Waals surface area contributed by atoms with Crippen molar-refractivity contribution < 1.29 is 4.79 Å². The van der Waals surface area contributed by atoms with Gasteiger partial charge in [0.05, 0.1) is 29.1 Å². The van der Waals surface area contributed by atoms with Gasteiger partial charge in [-0.2, -0.15) is 5.10 Å². The lowest BCUT2D eigenvalue weighted by atomic mass is 10.0. The molecule has 0 saturated carbocycles. The lowest BCUT2D eigenvalue weighted by Crippen LogP contribution is -2.42. The Labute approximate surface area is 143 Å². The molecule has 1 aliphatic rings. The second-order valence-corrected chi connectivity index (χ2v) is 6.80. The molecular formula is C16H18N6OS. The Bertz CT molecular complexity index is 837. The fourth-order valence-electron chi connectivity index (χ4n) is 2.97. The van der Waals surface area contributed by atoms with E-state index in [1.54, 1.807) is 29.6 Å². The smallest absolute Gasteiger partial charge is 0.246 e. The molecule has 7 nitrogen and oxygen atoms in total. The van der Waals surface area contributed by atoms with E-state index in [-0.39, 0.29) is 11.9 Å². The van der Waals surface area contributed by atoms with Crippen molar-refractivity contribution in [3.05, 3.63) is 47.0 Å². The van der Waals surface area contributed by atoms with Gasteiger partial charge in [-0.3, -0.25) is 9.89 Å². The predicted octanol–water partition coefficient (Wildman–Crippen LogP) is 1.71. The first-order valence-corrected chi connectivity index (χ1v) is 8.69. The van der Waals surface area contributed by atoms with Crippen molar-refractivity contribution in [2.45, 2.75) is 19.0 Å². The van der Waals surface area contributed by atoms with Gasteiger partial charge in [0.25, 0.3) is 0 Å². The van der Waals surface area contributed by atoms with Gasteiger partial charge in [0.2, 0.25) is 5.91 Å². The minimum atomic E-state index is -0.385. The van der Waals surface area contributed by atoms with Crippen molar-refractivity contribution in [1.29, 1.82) is 0 Å². The zero-order chi connectivity index (χ0) is 16.5. The number of imidazole rings is 1. The van der Waals surface area contributed by atoms with E-state index in [1.807, 2.05) is 23.6 Å². The first-order valence-electron chi connectivity index (χ1n) is 7.81. The van der Waals surface area contributed by atoms with Crippen LogP contribution in [0.2, 0.25) is 0 Å². The highest BCUT2D eigenvalue weighted by Gasteiger charge is 2.30. The number of fused-ring (bicyclic) bond motifs is 1. The Kier molecular flexibility index (Phi) is 3.91. The molecule has 0 aromatic carbocycles. The molecule has 0 fully saturated rings. The molecule has 0 aliphatic carbocycles. The fraction of sp³-hybridized carbons (Fsp3) is 0.312. The average molecular weight is 342 g/mol. The Morgan fingerprint density at radius 1 is 1.50 bits per heavy atom. The van der Waals surface area contributed by atoms with Crippen molar-refractivity contribution in [1.82, 2.24) is 30.4 Å². The van der Waals surface area contributed by atoms with Crippen LogP contribution >= 0.6 is 11.3 Å². The van der Waals surface area contributed by atoms with Gasteiger partial charge in [-0.15, -0.1) is 11.3 Å². The predicted molar refractivity (Wildman–Crippen MR) is 91.4 cm³/mol. The Balaban J connectivity index is 1.47. The molecule has 0 bridgehead atoms. The third-order valence-electron chi connectivity index (χ3n) is 4.18. The molecule has 4 rings (SSSR count). The quantitative estimate of drug-likeness (QED) is 0.673. The molecule has 1 aliphatic heterocycles. The van der Waals surface area contributed by atoms with Crippen molar-refractivity contribution in [2.24, 2.45) is 0 Å². The van der Waals surface area contributed by atoms with E-state index in [4.69, 9.17) is 0 Å². The van der Waals surface area contributed by atoms with Crippen LogP contribution in [0.1, 0.15) is 23.1 Å². The monoisotopic (exact) mass is 342 g/mol. The summed E-state index contributed by atoms with van der Waals surface area (Å²) in [4.78, 5) is 23.0. The topological polar surface area (TPSA) is 89.7 Å². The molecule has 0 unspecified atom stereocenters. The number of likely N-dealkylation sites (N-methyl/N-ethyl adjacent to an activating group) is 1. The number of rotatable bonds is 4. The molecule has 3 N–H and O–H groups in total. The fourth-order valence-corrected chi connectivity index (χ4v) is 3.66. The van der Waals surface area contributed by atoms with Crippen LogP contribution in [0.4, 0.5) is 0 Å². The highest BCUT2D eigenvalue weighted by molar-refractivity contribution is 7.13. The second kappa shape index (κ2) is 6.21. The molecule has 4 heterocycles. The Morgan fingerprint density at radius 3 is 3.25 bits per heavy atom. The summed E-state index contributed by atoms with van der Waals surface area (Å²) in [5.41, 5.74) is 3.67. The number of aromatic nitrogens is 4. The number of carbonyl (C=O) groups is 1. The first-order chi connectivity index (χ1) is 11.7. The lowest BCUT2D eigenvalue weighted by Gasteiger charge is -2.26. The Morgan fingerprint density at radius 2 is 2.42 bits per heavy atom. The van der Waals surface area contributed by atoms with Crippen molar-refractivity contribution in [2.75, 3.05) is 13.6 Å². The number of nitrogens with zero attached hydrogens (tertiary/aromatic N) is 3. The minimum absolute atomic E-state index is 0.00956. The van der Waals surface area contributed by atoms with Crippen LogP contribution in [-0.2, 0) is 17.8 Å². The van der Waals surface area contributed by atoms with Gasteiger partial charge < -0.3 is 15.2 Å². The highest BCUT2D eigenvalue weighted by atomic mass is 32.1. The van der Waals surface area contributed by atoms with Crippen LogP contribution in [0.15, 0.2) is 29.9 Å². The Hall–Kier alpha value is -2.45. The maximum absolute atomic E-state index is 12.8. The van der Waals surface area contributed by atoms with Gasteiger partial charge in [0.1, 0.15) is 11.7 Å². The molecule has 0 radical (unpaired) electrons. The van der Waals surface area contributed by atoms with Gasteiger partial charge in [0.15, 0.2) is 0 Å². The molecular weight excluding hydrogens is 324 g/mol. The van der Waals surface area contributed by atoms with Gasteiger partial charge >= 0.3 is 0 Å². The van der Waals surface area contributed by atoms with E-state index in [9.17, 15) is 4.79 Å².